The highest BCUT2D eigenvalue weighted by Crippen LogP contribution is 2.23. The van der Waals surface area contributed by atoms with Crippen molar-refractivity contribution >= 4 is 16.9 Å². The molecule has 0 saturated heterocycles. The average molecular weight is 289 g/mol. The highest BCUT2D eigenvalue weighted by Gasteiger charge is 2.09. The minimum Gasteiger partial charge on any atom is -0.481 e. The second kappa shape index (κ2) is 7.27. The molecule has 1 aromatic heterocycles. The Morgan fingerprint density at radius 1 is 1.33 bits per heavy atom. The lowest BCUT2D eigenvalue weighted by molar-refractivity contribution is -0.137. The third kappa shape index (κ3) is 4.33. The van der Waals surface area contributed by atoms with Crippen molar-refractivity contribution in [2.75, 3.05) is 6.61 Å². The summed E-state index contributed by atoms with van der Waals surface area (Å²) < 4.78 is 7.82. The summed E-state index contributed by atoms with van der Waals surface area (Å²) in [5, 5.41) is 9.97. The molecular formula is C17H23NO3. The molecule has 21 heavy (non-hydrogen) atoms. The van der Waals surface area contributed by atoms with E-state index >= 15 is 0 Å². The first-order chi connectivity index (χ1) is 10.1. The number of hydrogen-bond donors (Lipinski definition) is 1. The second-order valence-electron chi connectivity index (χ2n) is 5.53. The predicted molar refractivity (Wildman–Crippen MR) is 83.6 cm³/mol. The molecule has 1 aromatic carbocycles. The van der Waals surface area contributed by atoms with Gasteiger partial charge in [0.05, 0.1) is 12.7 Å². The maximum atomic E-state index is 10.6. The van der Waals surface area contributed by atoms with E-state index in [-0.39, 0.29) is 12.5 Å². The van der Waals surface area contributed by atoms with Gasteiger partial charge in [0, 0.05) is 30.1 Å². The number of carboxylic acids is 1. The van der Waals surface area contributed by atoms with Gasteiger partial charge in [-0.25, -0.2) is 0 Å². The van der Waals surface area contributed by atoms with Crippen molar-refractivity contribution in [3.8, 4) is 0 Å². The molecule has 0 amide bonds. The van der Waals surface area contributed by atoms with Crippen LogP contribution in [0.15, 0.2) is 30.5 Å². The number of aromatic nitrogens is 1. The molecule has 114 valence electrons. The van der Waals surface area contributed by atoms with Gasteiger partial charge in [-0.15, -0.1) is 0 Å². The van der Waals surface area contributed by atoms with Crippen LogP contribution in [0.3, 0.4) is 0 Å². The lowest BCUT2D eigenvalue weighted by Crippen LogP contribution is -2.09. The molecule has 0 aliphatic heterocycles. The molecule has 0 bridgehead atoms. The minimum atomic E-state index is -0.732. The molecule has 1 N–H and O–H groups in total. The van der Waals surface area contributed by atoms with E-state index in [2.05, 4.69) is 22.9 Å². The van der Waals surface area contributed by atoms with Crippen LogP contribution in [0.2, 0.25) is 0 Å². The maximum Gasteiger partial charge on any atom is 0.303 e. The van der Waals surface area contributed by atoms with Gasteiger partial charge in [0.2, 0.25) is 0 Å². The van der Waals surface area contributed by atoms with Crippen LogP contribution in [0, 0.1) is 0 Å². The molecular weight excluding hydrogens is 266 g/mol. The molecule has 4 nitrogen and oxygen atoms in total. The van der Waals surface area contributed by atoms with Crippen molar-refractivity contribution in [1.29, 1.82) is 0 Å². The number of nitrogens with zero attached hydrogens (tertiary/aromatic N) is 1. The first-order valence-corrected chi connectivity index (χ1v) is 7.48. The molecule has 0 radical (unpaired) electrons. The molecule has 0 unspecified atom stereocenters. The summed E-state index contributed by atoms with van der Waals surface area (Å²) in [7, 11) is 0. The van der Waals surface area contributed by atoms with Gasteiger partial charge in [-0.3, -0.25) is 4.79 Å². The topological polar surface area (TPSA) is 51.5 Å². The Morgan fingerprint density at radius 3 is 2.81 bits per heavy atom. The highest BCUT2D eigenvalue weighted by molar-refractivity contribution is 5.84. The number of rotatable bonds is 8. The van der Waals surface area contributed by atoms with Gasteiger partial charge in [0.1, 0.15) is 0 Å². The molecule has 0 atom stereocenters. The molecule has 4 heteroatoms. The zero-order chi connectivity index (χ0) is 15.2. The number of benzene rings is 1. The summed E-state index contributed by atoms with van der Waals surface area (Å²) >= 11 is 0. The number of carbonyl (C=O) groups is 1. The zero-order valence-corrected chi connectivity index (χ0v) is 12.7. The molecule has 0 aliphatic rings. The first kappa shape index (κ1) is 15.6. The number of para-hydroxylation sites is 1. The summed E-state index contributed by atoms with van der Waals surface area (Å²) in [5.74, 6) is -0.732. The minimum absolute atomic E-state index is 0.218. The quantitative estimate of drug-likeness (QED) is 0.809. The van der Waals surface area contributed by atoms with Gasteiger partial charge in [-0.2, -0.15) is 0 Å². The van der Waals surface area contributed by atoms with Crippen LogP contribution < -0.4 is 0 Å². The Labute approximate surface area is 125 Å². The van der Waals surface area contributed by atoms with E-state index in [9.17, 15) is 4.79 Å². The summed E-state index contributed by atoms with van der Waals surface area (Å²) in [6, 6.07) is 8.26. The van der Waals surface area contributed by atoms with Crippen LogP contribution in [0.1, 0.15) is 32.3 Å². The maximum absolute atomic E-state index is 10.6. The predicted octanol–water partition coefficient (Wildman–Crippen LogP) is 3.47. The van der Waals surface area contributed by atoms with E-state index in [1.54, 1.807) is 0 Å². The van der Waals surface area contributed by atoms with E-state index in [0.29, 0.717) is 13.0 Å². The van der Waals surface area contributed by atoms with Gasteiger partial charge >= 0.3 is 5.97 Å². The van der Waals surface area contributed by atoms with Crippen LogP contribution in [0.25, 0.3) is 10.9 Å². The largest absolute Gasteiger partial charge is 0.481 e. The lowest BCUT2D eigenvalue weighted by atomic mass is 10.1. The van der Waals surface area contributed by atoms with Crippen molar-refractivity contribution in [2.24, 2.45) is 0 Å². The molecule has 0 saturated carbocycles. The number of aliphatic carboxylic acids is 1. The van der Waals surface area contributed by atoms with Crippen LogP contribution in [-0.2, 0) is 22.5 Å². The number of aryl methyl sites for hydroxylation is 1. The van der Waals surface area contributed by atoms with Crippen LogP contribution in [0.4, 0.5) is 0 Å². The van der Waals surface area contributed by atoms with Crippen LogP contribution in [0.5, 0.6) is 0 Å². The van der Waals surface area contributed by atoms with Gasteiger partial charge in [-0.1, -0.05) is 18.2 Å². The van der Waals surface area contributed by atoms with E-state index in [0.717, 1.165) is 13.0 Å². The monoisotopic (exact) mass is 289 g/mol. The summed E-state index contributed by atoms with van der Waals surface area (Å²) in [5.41, 5.74) is 2.41. The van der Waals surface area contributed by atoms with Gasteiger partial charge in [0.15, 0.2) is 0 Å². The Hall–Kier alpha value is -1.81. The third-order valence-corrected chi connectivity index (χ3v) is 3.49. The van der Waals surface area contributed by atoms with E-state index in [1.807, 2.05) is 26.0 Å². The fraction of sp³-hybridized carbons (Fsp3) is 0.471. The van der Waals surface area contributed by atoms with Gasteiger partial charge in [-0.05, 0) is 38.3 Å². The SMILES string of the molecule is CC(C)OCCn1cc(CCCC(=O)O)c2ccccc21. The van der Waals surface area contributed by atoms with Crippen molar-refractivity contribution < 1.29 is 14.6 Å². The van der Waals surface area contributed by atoms with Gasteiger partial charge < -0.3 is 14.4 Å². The van der Waals surface area contributed by atoms with Crippen LogP contribution in [-0.4, -0.2) is 28.4 Å². The normalized spacial score (nSPS) is 11.4. The molecule has 0 spiro atoms. The number of carboxylic acid groups (broad SMARTS) is 1. The number of ether oxygens (including phenoxy) is 1. The number of fused-ring (bicyclic) bond motifs is 1. The molecule has 0 fully saturated rings. The average Bonchev–Trinajstić information content (AvgIpc) is 2.77. The Balaban J connectivity index is 2.12. The van der Waals surface area contributed by atoms with Gasteiger partial charge in [0.25, 0.3) is 0 Å². The summed E-state index contributed by atoms with van der Waals surface area (Å²) in [4.78, 5) is 10.6. The highest BCUT2D eigenvalue weighted by atomic mass is 16.5. The van der Waals surface area contributed by atoms with Crippen molar-refractivity contribution in [3.05, 3.63) is 36.0 Å². The van der Waals surface area contributed by atoms with E-state index in [4.69, 9.17) is 9.84 Å². The fourth-order valence-corrected chi connectivity index (χ4v) is 2.52. The molecule has 1 heterocycles. The van der Waals surface area contributed by atoms with Crippen molar-refractivity contribution in [3.63, 3.8) is 0 Å². The van der Waals surface area contributed by atoms with E-state index < -0.39 is 5.97 Å². The van der Waals surface area contributed by atoms with Crippen LogP contribution >= 0.6 is 0 Å². The molecule has 2 aromatic rings. The standard InChI is InChI=1S/C17H23NO3/c1-13(2)21-11-10-18-12-14(6-5-9-17(19)20)15-7-3-4-8-16(15)18/h3-4,7-8,12-13H,5-6,9-11H2,1-2H3,(H,19,20). The smallest absolute Gasteiger partial charge is 0.303 e. The molecule has 2 rings (SSSR count). The van der Waals surface area contributed by atoms with E-state index in [1.165, 1.54) is 16.5 Å². The Kier molecular flexibility index (Phi) is 5.39. The molecule has 0 aliphatic carbocycles. The third-order valence-electron chi connectivity index (χ3n) is 3.49. The summed E-state index contributed by atoms with van der Waals surface area (Å²) in [6.45, 7) is 5.57. The lowest BCUT2D eigenvalue weighted by Gasteiger charge is -2.09. The fourth-order valence-electron chi connectivity index (χ4n) is 2.52. The zero-order valence-electron chi connectivity index (χ0n) is 12.7. The number of hydrogen-bond acceptors (Lipinski definition) is 2. The van der Waals surface area contributed by atoms with Crippen molar-refractivity contribution in [2.45, 2.75) is 45.8 Å². The second-order valence-corrected chi connectivity index (χ2v) is 5.53. The first-order valence-electron chi connectivity index (χ1n) is 7.48. The Morgan fingerprint density at radius 2 is 2.10 bits per heavy atom. The van der Waals surface area contributed by atoms with Crippen molar-refractivity contribution in [1.82, 2.24) is 4.57 Å². The Bertz CT molecular complexity index is 601. The summed E-state index contributed by atoms with van der Waals surface area (Å²) in [6.07, 6.45) is 4.06.